The van der Waals surface area contributed by atoms with Crippen LogP contribution in [0.4, 0.5) is 0 Å². The van der Waals surface area contributed by atoms with Crippen molar-refractivity contribution in [1.82, 2.24) is 9.80 Å². The lowest BCUT2D eigenvalue weighted by molar-refractivity contribution is -0.134. The van der Waals surface area contributed by atoms with Crippen LogP contribution < -0.4 is 5.73 Å². The van der Waals surface area contributed by atoms with Gasteiger partial charge < -0.3 is 10.6 Å². The van der Waals surface area contributed by atoms with Gasteiger partial charge in [0.05, 0.1) is 6.04 Å². The van der Waals surface area contributed by atoms with Gasteiger partial charge in [0.1, 0.15) is 0 Å². The van der Waals surface area contributed by atoms with Crippen molar-refractivity contribution in [2.45, 2.75) is 50.9 Å². The molecular formula is C23H31N3O. The van der Waals surface area contributed by atoms with E-state index in [2.05, 4.69) is 42.2 Å². The number of nitrogens with two attached hydrogens (primary N) is 1. The molecule has 1 heterocycles. The Hall–Kier alpha value is -2.17. The number of amides is 1. The van der Waals surface area contributed by atoms with Crippen molar-refractivity contribution >= 4 is 5.91 Å². The molecule has 0 spiro atoms. The molecule has 0 bridgehead atoms. The lowest BCUT2D eigenvalue weighted by atomic mass is 9.95. The van der Waals surface area contributed by atoms with Gasteiger partial charge in [-0.25, -0.2) is 0 Å². The first-order valence-electron chi connectivity index (χ1n) is 9.88. The molecule has 4 heteroatoms. The third kappa shape index (κ3) is 5.18. The van der Waals surface area contributed by atoms with Crippen LogP contribution in [0.15, 0.2) is 60.7 Å². The quantitative estimate of drug-likeness (QED) is 0.856. The van der Waals surface area contributed by atoms with Gasteiger partial charge in [0.15, 0.2) is 0 Å². The van der Waals surface area contributed by atoms with Crippen molar-refractivity contribution in [3.63, 3.8) is 0 Å². The van der Waals surface area contributed by atoms with Crippen LogP contribution in [0.1, 0.15) is 30.9 Å². The second-order valence-corrected chi connectivity index (χ2v) is 7.73. The van der Waals surface area contributed by atoms with Gasteiger partial charge in [0.25, 0.3) is 0 Å². The fourth-order valence-electron chi connectivity index (χ4n) is 4.00. The number of carbonyl (C=O) groups excluding carboxylic acids is 1. The molecular weight excluding hydrogens is 334 g/mol. The fraction of sp³-hybridized carbons (Fsp3) is 0.435. The maximum Gasteiger partial charge on any atom is 0.239 e. The molecule has 0 aromatic heterocycles. The Kier molecular flexibility index (Phi) is 6.64. The molecule has 2 N–H and O–H groups in total. The SMILES string of the molecule is C[C@@H]1C[C@H](N(C)C(=O)[C@H](N)Cc2ccccc2)CCN1Cc1ccccc1. The summed E-state index contributed by atoms with van der Waals surface area (Å²) in [5, 5.41) is 0. The minimum absolute atomic E-state index is 0.0487. The number of benzene rings is 2. The van der Waals surface area contributed by atoms with Crippen LogP contribution in [0.5, 0.6) is 0 Å². The van der Waals surface area contributed by atoms with E-state index < -0.39 is 6.04 Å². The van der Waals surface area contributed by atoms with Crippen LogP contribution >= 0.6 is 0 Å². The molecule has 1 aliphatic rings. The summed E-state index contributed by atoms with van der Waals surface area (Å²) in [6.07, 6.45) is 2.58. The van der Waals surface area contributed by atoms with Crippen LogP contribution in [-0.2, 0) is 17.8 Å². The standard InChI is InChI=1S/C23H31N3O/c1-18-15-21(13-14-26(18)17-20-11-7-4-8-12-20)25(2)23(27)22(24)16-19-9-5-3-6-10-19/h3-12,18,21-22H,13-17,24H2,1-2H3/t18-,21-,22-/m1/s1. The van der Waals surface area contributed by atoms with Gasteiger partial charge in [-0.05, 0) is 37.3 Å². The van der Waals surface area contributed by atoms with E-state index in [-0.39, 0.29) is 11.9 Å². The van der Waals surface area contributed by atoms with Crippen molar-refractivity contribution < 1.29 is 4.79 Å². The van der Waals surface area contributed by atoms with Crippen LogP contribution in [0.3, 0.4) is 0 Å². The van der Waals surface area contributed by atoms with Gasteiger partial charge in [-0.15, -0.1) is 0 Å². The van der Waals surface area contributed by atoms with E-state index in [1.165, 1.54) is 5.56 Å². The molecule has 1 aliphatic heterocycles. The van der Waals surface area contributed by atoms with Crippen molar-refractivity contribution in [3.8, 4) is 0 Å². The Labute approximate surface area is 163 Å². The Morgan fingerprint density at radius 2 is 1.70 bits per heavy atom. The summed E-state index contributed by atoms with van der Waals surface area (Å²) in [6.45, 7) is 4.24. The molecule has 144 valence electrons. The lowest BCUT2D eigenvalue weighted by Crippen LogP contribution is -2.53. The summed E-state index contributed by atoms with van der Waals surface area (Å²) < 4.78 is 0. The molecule has 1 saturated heterocycles. The third-order valence-corrected chi connectivity index (χ3v) is 5.73. The molecule has 2 aromatic rings. The Morgan fingerprint density at radius 1 is 1.11 bits per heavy atom. The minimum Gasteiger partial charge on any atom is -0.341 e. The molecule has 27 heavy (non-hydrogen) atoms. The van der Waals surface area contributed by atoms with Gasteiger partial charge >= 0.3 is 0 Å². The second-order valence-electron chi connectivity index (χ2n) is 7.73. The smallest absolute Gasteiger partial charge is 0.239 e. The second kappa shape index (κ2) is 9.16. The maximum absolute atomic E-state index is 12.8. The van der Waals surface area contributed by atoms with Crippen LogP contribution in [-0.4, -0.2) is 47.4 Å². The molecule has 0 unspecified atom stereocenters. The van der Waals surface area contributed by atoms with Crippen molar-refractivity contribution in [2.75, 3.05) is 13.6 Å². The highest BCUT2D eigenvalue weighted by atomic mass is 16.2. The highest BCUT2D eigenvalue weighted by Gasteiger charge is 2.31. The summed E-state index contributed by atoms with van der Waals surface area (Å²) in [5.41, 5.74) is 8.67. The molecule has 4 nitrogen and oxygen atoms in total. The fourth-order valence-corrected chi connectivity index (χ4v) is 4.00. The van der Waals surface area contributed by atoms with Crippen molar-refractivity contribution in [2.24, 2.45) is 5.73 Å². The topological polar surface area (TPSA) is 49.6 Å². The van der Waals surface area contributed by atoms with Gasteiger partial charge in [-0.3, -0.25) is 9.69 Å². The summed E-state index contributed by atoms with van der Waals surface area (Å²) in [6, 6.07) is 20.8. The van der Waals surface area contributed by atoms with E-state index in [1.54, 1.807) is 0 Å². The Bertz CT molecular complexity index is 719. The lowest BCUT2D eigenvalue weighted by Gasteiger charge is -2.41. The highest BCUT2D eigenvalue weighted by Crippen LogP contribution is 2.23. The Morgan fingerprint density at radius 3 is 2.30 bits per heavy atom. The number of rotatable bonds is 6. The number of nitrogens with zero attached hydrogens (tertiary/aromatic N) is 2. The van der Waals surface area contributed by atoms with E-state index in [0.29, 0.717) is 12.5 Å². The average molecular weight is 366 g/mol. The summed E-state index contributed by atoms with van der Waals surface area (Å²) in [4.78, 5) is 17.2. The van der Waals surface area contributed by atoms with Crippen LogP contribution in [0, 0.1) is 0 Å². The van der Waals surface area contributed by atoms with E-state index in [1.807, 2.05) is 42.3 Å². The molecule has 2 aromatic carbocycles. The monoisotopic (exact) mass is 365 g/mol. The Balaban J connectivity index is 1.53. The zero-order valence-electron chi connectivity index (χ0n) is 16.4. The molecule has 3 atom stereocenters. The number of piperidine rings is 1. The summed E-state index contributed by atoms with van der Waals surface area (Å²) in [5.74, 6) is 0.0487. The molecule has 1 fully saturated rings. The molecule has 3 rings (SSSR count). The van der Waals surface area contributed by atoms with Gasteiger partial charge in [-0.1, -0.05) is 60.7 Å². The van der Waals surface area contributed by atoms with Crippen molar-refractivity contribution in [1.29, 1.82) is 0 Å². The first-order chi connectivity index (χ1) is 13.0. The van der Waals surface area contributed by atoms with Gasteiger partial charge in [0.2, 0.25) is 5.91 Å². The van der Waals surface area contributed by atoms with E-state index in [9.17, 15) is 4.79 Å². The molecule has 0 aliphatic carbocycles. The predicted molar refractivity (Wildman–Crippen MR) is 110 cm³/mol. The zero-order valence-corrected chi connectivity index (χ0v) is 16.4. The van der Waals surface area contributed by atoms with E-state index in [0.717, 1.165) is 31.5 Å². The predicted octanol–water partition coefficient (Wildman–Crippen LogP) is 3.07. The number of hydrogen-bond acceptors (Lipinski definition) is 3. The van der Waals surface area contributed by atoms with Gasteiger partial charge in [-0.2, -0.15) is 0 Å². The first-order valence-corrected chi connectivity index (χ1v) is 9.88. The largest absolute Gasteiger partial charge is 0.341 e. The van der Waals surface area contributed by atoms with Crippen molar-refractivity contribution in [3.05, 3.63) is 71.8 Å². The number of likely N-dealkylation sites (tertiary alicyclic amines) is 1. The van der Waals surface area contributed by atoms with E-state index in [4.69, 9.17) is 5.73 Å². The number of likely N-dealkylation sites (N-methyl/N-ethyl adjacent to an activating group) is 1. The first kappa shape index (κ1) is 19.6. The number of carbonyl (C=O) groups is 1. The molecule has 0 saturated carbocycles. The van der Waals surface area contributed by atoms with Crippen LogP contribution in [0.25, 0.3) is 0 Å². The number of hydrogen-bond donors (Lipinski definition) is 1. The maximum atomic E-state index is 12.8. The van der Waals surface area contributed by atoms with E-state index >= 15 is 0 Å². The van der Waals surface area contributed by atoms with Crippen LogP contribution in [0.2, 0.25) is 0 Å². The minimum atomic E-state index is -0.477. The zero-order chi connectivity index (χ0) is 19.2. The normalized spacial score (nSPS) is 21.6. The third-order valence-electron chi connectivity index (χ3n) is 5.73. The summed E-state index contributed by atoms with van der Waals surface area (Å²) in [7, 11) is 1.91. The average Bonchev–Trinajstić information content (AvgIpc) is 2.70. The molecule has 1 amide bonds. The summed E-state index contributed by atoms with van der Waals surface area (Å²) >= 11 is 0. The highest BCUT2D eigenvalue weighted by molar-refractivity contribution is 5.82. The molecule has 0 radical (unpaired) electrons. The van der Waals surface area contributed by atoms with Gasteiger partial charge in [0, 0.05) is 32.2 Å².